The fourth-order valence-corrected chi connectivity index (χ4v) is 3.43. The number of rotatable bonds is 4. The quantitative estimate of drug-likeness (QED) is 0.719. The Morgan fingerprint density at radius 1 is 0.778 bits per heavy atom. The minimum absolute atomic E-state index is 0.0758. The lowest BCUT2D eigenvalue weighted by molar-refractivity contribution is -0.130. The Bertz CT molecular complexity index is 933. The summed E-state index contributed by atoms with van der Waals surface area (Å²) in [6, 6.07) is 23.7. The second kappa shape index (κ2) is 6.68. The SMILES string of the molecule is O=C1NC(c2ccccc2)(c2ccccc2)C(=O)N1Cc1ccc(F)cc1. The average Bonchev–Trinajstić information content (AvgIpc) is 2.96. The molecule has 0 aromatic heterocycles. The lowest BCUT2D eigenvalue weighted by Crippen LogP contribution is -2.45. The lowest BCUT2D eigenvalue weighted by atomic mass is 9.82. The Morgan fingerprint density at radius 3 is 1.81 bits per heavy atom. The lowest BCUT2D eigenvalue weighted by Gasteiger charge is -2.28. The van der Waals surface area contributed by atoms with Crippen molar-refractivity contribution in [3.8, 4) is 0 Å². The molecule has 4 rings (SSSR count). The third-order valence-electron chi connectivity index (χ3n) is 4.77. The molecule has 27 heavy (non-hydrogen) atoms. The third kappa shape index (κ3) is 2.87. The van der Waals surface area contributed by atoms with E-state index in [9.17, 15) is 14.0 Å². The van der Waals surface area contributed by atoms with Crippen molar-refractivity contribution < 1.29 is 14.0 Å². The molecule has 0 aliphatic carbocycles. The van der Waals surface area contributed by atoms with Crippen LogP contribution in [0, 0.1) is 5.82 Å². The van der Waals surface area contributed by atoms with Gasteiger partial charge in [0, 0.05) is 0 Å². The molecule has 3 aromatic rings. The fraction of sp³-hybridized carbons (Fsp3) is 0.0909. The van der Waals surface area contributed by atoms with Crippen LogP contribution in [0.4, 0.5) is 9.18 Å². The van der Waals surface area contributed by atoms with Gasteiger partial charge in [0.15, 0.2) is 5.54 Å². The molecule has 1 aliphatic rings. The van der Waals surface area contributed by atoms with Gasteiger partial charge in [-0.2, -0.15) is 0 Å². The highest BCUT2D eigenvalue weighted by atomic mass is 19.1. The fourth-order valence-electron chi connectivity index (χ4n) is 3.43. The van der Waals surface area contributed by atoms with Gasteiger partial charge in [-0.05, 0) is 28.8 Å². The second-order valence-electron chi connectivity index (χ2n) is 6.43. The average molecular weight is 360 g/mol. The first-order valence-corrected chi connectivity index (χ1v) is 8.61. The number of imide groups is 1. The van der Waals surface area contributed by atoms with Crippen molar-refractivity contribution in [1.29, 1.82) is 0 Å². The highest BCUT2D eigenvalue weighted by molar-refractivity contribution is 6.09. The van der Waals surface area contributed by atoms with Gasteiger partial charge in [0.1, 0.15) is 5.82 Å². The Balaban J connectivity index is 1.78. The smallest absolute Gasteiger partial charge is 0.315 e. The predicted octanol–water partition coefficient (Wildman–Crippen LogP) is 3.82. The molecule has 1 heterocycles. The van der Waals surface area contributed by atoms with E-state index in [4.69, 9.17) is 0 Å². The molecule has 0 atom stereocenters. The summed E-state index contributed by atoms with van der Waals surface area (Å²) in [4.78, 5) is 27.4. The molecular weight excluding hydrogens is 343 g/mol. The summed E-state index contributed by atoms with van der Waals surface area (Å²) in [5.74, 6) is -0.715. The Kier molecular flexibility index (Phi) is 4.20. The number of carbonyl (C=O) groups excluding carboxylic acids is 2. The van der Waals surface area contributed by atoms with E-state index in [1.807, 2.05) is 60.7 Å². The number of carbonyl (C=O) groups is 2. The number of benzene rings is 3. The molecular formula is C22H17FN2O2. The molecule has 1 fully saturated rings. The van der Waals surface area contributed by atoms with Gasteiger partial charge < -0.3 is 5.32 Å². The van der Waals surface area contributed by atoms with Crippen LogP contribution in [-0.4, -0.2) is 16.8 Å². The molecule has 0 saturated carbocycles. The van der Waals surface area contributed by atoms with Crippen LogP contribution >= 0.6 is 0 Å². The third-order valence-corrected chi connectivity index (χ3v) is 4.77. The van der Waals surface area contributed by atoms with Gasteiger partial charge >= 0.3 is 6.03 Å². The highest BCUT2D eigenvalue weighted by Crippen LogP contribution is 2.36. The van der Waals surface area contributed by atoms with E-state index in [2.05, 4.69) is 5.32 Å². The molecule has 1 N–H and O–H groups in total. The molecule has 0 spiro atoms. The molecule has 134 valence electrons. The Morgan fingerprint density at radius 2 is 1.30 bits per heavy atom. The maximum atomic E-state index is 13.5. The van der Waals surface area contributed by atoms with Crippen LogP contribution in [0.3, 0.4) is 0 Å². The van der Waals surface area contributed by atoms with Gasteiger partial charge in [0.2, 0.25) is 0 Å². The first kappa shape index (κ1) is 17.0. The van der Waals surface area contributed by atoms with Crippen molar-refractivity contribution in [1.82, 2.24) is 10.2 Å². The van der Waals surface area contributed by atoms with Crippen molar-refractivity contribution in [2.75, 3.05) is 0 Å². The first-order valence-electron chi connectivity index (χ1n) is 8.61. The molecule has 3 aromatic carbocycles. The minimum atomic E-state index is -1.28. The van der Waals surface area contributed by atoms with Gasteiger partial charge in [-0.1, -0.05) is 72.8 Å². The van der Waals surface area contributed by atoms with E-state index in [0.29, 0.717) is 16.7 Å². The maximum absolute atomic E-state index is 13.5. The molecule has 1 saturated heterocycles. The van der Waals surface area contributed by atoms with Crippen LogP contribution in [-0.2, 0) is 16.9 Å². The summed E-state index contributed by atoms with van der Waals surface area (Å²) in [7, 11) is 0. The van der Waals surface area contributed by atoms with E-state index < -0.39 is 11.6 Å². The van der Waals surface area contributed by atoms with Crippen molar-refractivity contribution in [3.05, 3.63) is 107 Å². The zero-order valence-corrected chi connectivity index (χ0v) is 14.4. The van der Waals surface area contributed by atoms with Gasteiger partial charge in [-0.25, -0.2) is 9.18 Å². The number of hydrogen-bond donors (Lipinski definition) is 1. The molecule has 0 unspecified atom stereocenters. The van der Waals surface area contributed by atoms with E-state index >= 15 is 0 Å². The van der Waals surface area contributed by atoms with Crippen LogP contribution in [0.2, 0.25) is 0 Å². The summed E-state index contributed by atoms with van der Waals surface area (Å²) in [6.45, 7) is 0.0758. The number of amides is 3. The second-order valence-corrected chi connectivity index (χ2v) is 6.43. The summed E-state index contributed by atoms with van der Waals surface area (Å²) in [5.41, 5.74) is 0.781. The molecule has 3 amide bonds. The predicted molar refractivity (Wildman–Crippen MR) is 99.1 cm³/mol. The first-order chi connectivity index (χ1) is 13.1. The molecule has 0 radical (unpaired) electrons. The van der Waals surface area contributed by atoms with Gasteiger partial charge in [0.05, 0.1) is 6.54 Å². The van der Waals surface area contributed by atoms with E-state index in [1.54, 1.807) is 12.1 Å². The number of halogens is 1. The van der Waals surface area contributed by atoms with Gasteiger partial charge in [0.25, 0.3) is 5.91 Å². The monoisotopic (exact) mass is 360 g/mol. The van der Waals surface area contributed by atoms with E-state index in [0.717, 1.165) is 0 Å². The van der Waals surface area contributed by atoms with Crippen molar-refractivity contribution in [2.24, 2.45) is 0 Å². The normalized spacial score (nSPS) is 15.7. The largest absolute Gasteiger partial charge is 0.325 e. The molecule has 5 heteroatoms. The van der Waals surface area contributed by atoms with Crippen molar-refractivity contribution >= 4 is 11.9 Å². The number of nitrogens with one attached hydrogen (secondary N) is 1. The zero-order valence-electron chi connectivity index (χ0n) is 14.4. The Labute approximate surface area is 156 Å². The van der Waals surface area contributed by atoms with Crippen LogP contribution in [0.5, 0.6) is 0 Å². The molecule has 4 nitrogen and oxygen atoms in total. The zero-order chi connectivity index (χ0) is 18.9. The molecule has 1 aliphatic heterocycles. The van der Waals surface area contributed by atoms with Crippen LogP contribution < -0.4 is 5.32 Å². The van der Waals surface area contributed by atoms with Crippen LogP contribution in [0.15, 0.2) is 84.9 Å². The summed E-state index contributed by atoms with van der Waals surface area (Å²) in [5, 5.41) is 2.89. The number of hydrogen-bond acceptors (Lipinski definition) is 2. The van der Waals surface area contributed by atoms with E-state index in [1.165, 1.54) is 17.0 Å². The molecule has 0 bridgehead atoms. The highest BCUT2D eigenvalue weighted by Gasteiger charge is 2.53. The summed E-state index contributed by atoms with van der Waals surface area (Å²) < 4.78 is 13.2. The topological polar surface area (TPSA) is 49.4 Å². The number of urea groups is 1. The summed E-state index contributed by atoms with van der Waals surface area (Å²) >= 11 is 0. The Hall–Kier alpha value is -3.47. The van der Waals surface area contributed by atoms with Gasteiger partial charge in [-0.15, -0.1) is 0 Å². The van der Waals surface area contributed by atoms with E-state index in [-0.39, 0.29) is 18.3 Å². The summed E-state index contributed by atoms with van der Waals surface area (Å²) in [6.07, 6.45) is 0. The van der Waals surface area contributed by atoms with Crippen molar-refractivity contribution in [2.45, 2.75) is 12.1 Å². The number of nitrogens with zero attached hydrogens (tertiary/aromatic N) is 1. The van der Waals surface area contributed by atoms with Gasteiger partial charge in [-0.3, -0.25) is 9.69 Å². The minimum Gasteiger partial charge on any atom is -0.315 e. The standard InChI is InChI=1S/C22H17FN2O2/c23-19-13-11-16(12-14-19)15-25-20(26)22(24-21(25)27,17-7-3-1-4-8-17)18-9-5-2-6-10-18/h1-14H,15H2,(H,24,27). The maximum Gasteiger partial charge on any atom is 0.325 e. The van der Waals surface area contributed by atoms with Crippen molar-refractivity contribution in [3.63, 3.8) is 0 Å². The van der Waals surface area contributed by atoms with Crippen LogP contribution in [0.25, 0.3) is 0 Å². The van der Waals surface area contributed by atoms with Crippen LogP contribution in [0.1, 0.15) is 16.7 Å².